The van der Waals surface area contributed by atoms with Crippen LogP contribution in [-0.4, -0.2) is 42.6 Å². The fraction of sp³-hybridized carbons (Fsp3) is 0.562. The third-order valence-electron chi connectivity index (χ3n) is 3.69. The average Bonchev–Trinajstić information content (AvgIpc) is 2.50. The van der Waals surface area contributed by atoms with E-state index < -0.39 is 6.04 Å². The number of likely N-dealkylation sites (N-methyl/N-ethyl adjacent to an activating group) is 1. The van der Waals surface area contributed by atoms with Gasteiger partial charge in [-0.2, -0.15) is 0 Å². The van der Waals surface area contributed by atoms with E-state index in [1.165, 1.54) is 0 Å². The van der Waals surface area contributed by atoms with Gasteiger partial charge < -0.3 is 20.1 Å². The van der Waals surface area contributed by atoms with Crippen molar-refractivity contribution in [2.24, 2.45) is 11.7 Å². The molecule has 116 valence electrons. The SMILES string of the molecule is CCN(CC1COc2ccccc2O1)C(=O)[C@@H](N)C(C)C. The summed E-state index contributed by atoms with van der Waals surface area (Å²) in [7, 11) is 0. The molecule has 0 aliphatic carbocycles. The third-order valence-corrected chi connectivity index (χ3v) is 3.69. The van der Waals surface area contributed by atoms with Crippen LogP contribution in [0.25, 0.3) is 0 Å². The van der Waals surface area contributed by atoms with Crippen molar-refractivity contribution in [1.29, 1.82) is 0 Å². The van der Waals surface area contributed by atoms with Crippen molar-refractivity contribution in [3.05, 3.63) is 24.3 Å². The fourth-order valence-corrected chi connectivity index (χ4v) is 2.27. The molecule has 1 aromatic rings. The number of nitrogens with two attached hydrogens (primary N) is 1. The highest BCUT2D eigenvalue weighted by molar-refractivity contribution is 5.81. The van der Waals surface area contributed by atoms with Gasteiger partial charge in [-0.05, 0) is 25.0 Å². The molecule has 2 N–H and O–H groups in total. The van der Waals surface area contributed by atoms with Gasteiger partial charge in [-0.25, -0.2) is 0 Å². The zero-order valence-electron chi connectivity index (χ0n) is 12.9. The van der Waals surface area contributed by atoms with Crippen molar-refractivity contribution < 1.29 is 14.3 Å². The summed E-state index contributed by atoms with van der Waals surface area (Å²) >= 11 is 0. The topological polar surface area (TPSA) is 64.8 Å². The van der Waals surface area contributed by atoms with Crippen LogP contribution in [0.4, 0.5) is 0 Å². The van der Waals surface area contributed by atoms with E-state index in [1.54, 1.807) is 4.90 Å². The van der Waals surface area contributed by atoms with E-state index >= 15 is 0 Å². The Morgan fingerprint density at radius 2 is 2.05 bits per heavy atom. The number of carbonyl (C=O) groups excluding carboxylic acids is 1. The van der Waals surface area contributed by atoms with E-state index in [-0.39, 0.29) is 17.9 Å². The summed E-state index contributed by atoms with van der Waals surface area (Å²) in [6.07, 6.45) is -0.164. The largest absolute Gasteiger partial charge is 0.486 e. The highest BCUT2D eigenvalue weighted by Gasteiger charge is 2.28. The summed E-state index contributed by atoms with van der Waals surface area (Å²) in [6.45, 7) is 7.39. The Hall–Kier alpha value is -1.75. The number of carbonyl (C=O) groups is 1. The lowest BCUT2D eigenvalue weighted by atomic mass is 10.0. The normalized spacial score (nSPS) is 18.4. The van der Waals surface area contributed by atoms with Crippen LogP contribution in [-0.2, 0) is 4.79 Å². The van der Waals surface area contributed by atoms with E-state index in [0.29, 0.717) is 19.7 Å². The maximum Gasteiger partial charge on any atom is 0.239 e. The Labute approximate surface area is 126 Å². The summed E-state index contributed by atoms with van der Waals surface area (Å²) in [5, 5.41) is 0. The Balaban J connectivity index is 1.99. The second kappa shape index (κ2) is 6.80. The number of rotatable bonds is 5. The number of fused-ring (bicyclic) bond motifs is 1. The molecular weight excluding hydrogens is 268 g/mol. The Morgan fingerprint density at radius 3 is 2.67 bits per heavy atom. The molecule has 5 nitrogen and oxygen atoms in total. The molecule has 0 aromatic heterocycles. The van der Waals surface area contributed by atoms with E-state index in [9.17, 15) is 4.79 Å². The Kier molecular flexibility index (Phi) is 5.07. The summed E-state index contributed by atoms with van der Waals surface area (Å²) in [6, 6.07) is 7.10. The maximum absolute atomic E-state index is 12.3. The minimum atomic E-state index is -0.471. The first kappa shape index (κ1) is 15.6. The minimum absolute atomic E-state index is 0.0324. The second-order valence-electron chi connectivity index (χ2n) is 5.64. The van der Waals surface area contributed by atoms with Crippen LogP contribution in [0.2, 0.25) is 0 Å². The van der Waals surface area contributed by atoms with Crippen molar-refractivity contribution in [2.75, 3.05) is 19.7 Å². The van der Waals surface area contributed by atoms with Crippen molar-refractivity contribution in [1.82, 2.24) is 4.90 Å². The molecule has 1 aliphatic rings. The molecule has 2 atom stereocenters. The molecule has 0 saturated carbocycles. The average molecular weight is 292 g/mol. The smallest absolute Gasteiger partial charge is 0.239 e. The van der Waals surface area contributed by atoms with Crippen molar-refractivity contribution >= 4 is 5.91 Å². The fourth-order valence-electron chi connectivity index (χ4n) is 2.27. The lowest BCUT2D eigenvalue weighted by Gasteiger charge is -2.32. The van der Waals surface area contributed by atoms with Gasteiger partial charge in [0.2, 0.25) is 5.91 Å². The molecule has 0 fully saturated rings. The van der Waals surface area contributed by atoms with Crippen LogP contribution < -0.4 is 15.2 Å². The summed E-state index contributed by atoms with van der Waals surface area (Å²) < 4.78 is 11.6. The maximum atomic E-state index is 12.3. The first-order valence-corrected chi connectivity index (χ1v) is 7.45. The van der Waals surface area contributed by atoms with E-state index in [4.69, 9.17) is 15.2 Å². The number of nitrogens with zero attached hydrogens (tertiary/aromatic N) is 1. The lowest BCUT2D eigenvalue weighted by Crippen LogP contribution is -2.50. The van der Waals surface area contributed by atoms with E-state index in [1.807, 2.05) is 45.0 Å². The zero-order chi connectivity index (χ0) is 15.4. The van der Waals surface area contributed by atoms with Crippen LogP contribution in [0.15, 0.2) is 24.3 Å². The van der Waals surface area contributed by atoms with Crippen LogP contribution >= 0.6 is 0 Å². The van der Waals surface area contributed by atoms with E-state index in [0.717, 1.165) is 11.5 Å². The van der Waals surface area contributed by atoms with Gasteiger partial charge in [-0.15, -0.1) is 0 Å². The number of para-hydroxylation sites is 2. The molecule has 0 saturated heterocycles. The van der Waals surface area contributed by atoms with Crippen LogP contribution in [0.1, 0.15) is 20.8 Å². The Morgan fingerprint density at radius 1 is 1.38 bits per heavy atom. The van der Waals surface area contributed by atoms with Gasteiger partial charge >= 0.3 is 0 Å². The molecule has 1 aliphatic heterocycles. The number of ether oxygens (including phenoxy) is 2. The minimum Gasteiger partial charge on any atom is -0.486 e. The third kappa shape index (κ3) is 3.67. The lowest BCUT2D eigenvalue weighted by molar-refractivity contribution is -0.134. The summed E-state index contributed by atoms with van der Waals surface area (Å²) in [4.78, 5) is 14.1. The van der Waals surface area contributed by atoms with Crippen LogP contribution in [0.5, 0.6) is 11.5 Å². The highest BCUT2D eigenvalue weighted by atomic mass is 16.6. The molecule has 0 bridgehead atoms. The van der Waals surface area contributed by atoms with Gasteiger partial charge in [-0.1, -0.05) is 26.0 Å². The number of hydrogen-bond donors (Lipinski definition) is 1. The number of benzene rings is 1. The molecule has 5 heteroatoms. The molecule has 0 spiro atoms. The van der Waals surface area contributed by atoms with Crippen LogP contribution in [0.3, 0.4) is 0 Å². The molecular formula is C16H24N2O3. The van der Waals surface area contributed by atoms with Gasteiger partial charge in [0, 0.05) is 6.54 Å². The summed E-state index contributed by atoms with van der Waals surface area (Å²) in [5.74, 6) is 1.57. The van der Waals surface area contributed by atoms with Gasteiger partial charge in [0.05, 0.1) is 12.6 Å². The molecule has 1 amide bonds. The predicted molar refractivity (Wildman–Crippen MR) is 81.4 cm³/mol. The Bertz CT molecular complexity index is 490. The number of amides is 1. The van der Waals surface area contributed by atoms with Gasteiger partial charge in [0.15, 0.2) is 17.6 Å². The second-order valence-corrected chi connectivity index (χ2v) is 5.64. The molecule has 2 rings (SSSR count). The molecule has 0 radical (unpaired) electrons. The predicted octanol–water partition coefficient (Wildman–Crippen LogP) is 1.66. The van der Waals surface area contributed by atoms with Gasteiger partial charge in [0.25, 0.3) is 0 Å². The summed E-state index contributed by atoms with van der Waals surface area (Å²) in [5.41, 5.74) is 5.95. The van der Waals surface area contributed by atoms with E-state index in [2.05, 4.69) is 0 Å². The monoisotopic (exact) mass is 292 g/mol. The van der Waals surface area contributed by atoms with Crippen molar-refractivity contribution in [3.8, 4) is 11.5 Å². The quantitative estimate of drug-likeness (QED) is 0.896. The van der Waals surface area contributed by atoms with Gasteiger partial charge in [-0.3, -0.25) is 4.79 Å². The zero-order valence-corrected chi connectivity index (χ0v) is 12.9. The number of hydrogen-bond acceptors (Lipinski definition) is 4. The van der Waals surface area contributed by atoms with Crippen LogP contribution in [0, 0.1) is 5.92 Å². The standard InChI is InChI=1S/C16H24N2O3/c1-4-18(16(19)15(17)11(2)3)9-12-10-20-13-7-5-6-8-14(13)21-12/h5-8,11-12,15H,4,9-10,17H2,1-3H3/t12?,15-/m0/s1. The molecule has 1 unspecified atom stereocenters. The first-order chi connectivity index (χ1) is 10.0. The molecule has 1 heterocycles. The molecule has 21 heavy (non-hydrogen) atoms. The first-order valence-electron chi connectivity index (χ1n) is 7.45. The van der Waals surface area contributed by atoms with Crippen molar-refractivity contribution in [3.63, 3.8) is 0 Å². The van der Waals surface area contributed by atoms with Gasteiger partial charge in [0.1, 0.15) is 6.61 Å². The van der Waals surface area contributed by atoms with Crippen molar-refractivity contribution in [2.45, 2.75) is 32.9 Å². The molecule has 1 aromatic carbocycles. The highest BCUT2D eigenvalue weighted by Crippen LogP contribution is 2.31.